The van der Waals surface area contributed by atoms with Crippen LogP contribution in [0.15, 0.2) is 164 Å². The van der Waals surface area contributed by atoms with Gasteiger partial charge in [0.15, 0.2) is 23.0 Å². The molecule has 228 valence electrons. The van der Waals surface area contributed by atoms with Crippen LogP contribution in [0.25, 0.3) is 23.0 Å². The van der Waals surface area contributed by atoms with Crippen LogP contribution in [-0.2, 0) is 10.8 Å². The lowest BCUT2D eigenvalue weighted by molar-refractivity contribution is 0.351. The summed E-state index contributed by atoms with van der Waals surface area (Å²) in [5.41, 5.74) is 3.70. The molecular weight excluding hydrogens is 600 g/mol. The highest BCUT2D eigenvalue weighted by atomic mass is 16.5. The van der Waals surface area contributed by atoms with Gasteiger partial charge < -0.3 is 27.1 Å². The Morgan fingerprint density at radius 2 is 0.688 bits per heavy atom. The lowest BCUT2D eigenvalue weighted by Crippen LogP contribution is -2.46. The van der Waals surface area contributed by atoms with Crippen molar-refractivity contribution in [3.05, 3.63) is 191 Å². The number of para-hydroxylation sites is 4. The quantitative estimate of drug-likeness (QED) is 0.191. The molecule has 6 heterocycles. The molecule has 0 saturated carbocycles. The standard InChI is InChI=1S/C42H24O6/c1-5-15-31-25(11-1)41(26-12-2-6-16-32(26)45-31)29-23-37(35-19-9-21-43-35)48-40(29)42(30-24-38(47-39(30)41)36-20-10-22-44-36)27-13-3-7-17-33(27)46-34-18-8-4-14-28(34)42/h1-24H. The summed E-state index contributed by atoms with van der Waals surface area (Å²) < 4.78 is 39.6. The van der Waals surface area contributed by atoms with Gasteiger partial charge in [0, 0.05) is 33.4 Å². The van der Waals surface area contributed by atoms with Gasteiger partial charge in [-0.2, -0.15) is 0 Å². The summed E-state index contributed by atoms with van der Waals surface area (Å²) >= 11 is 0. The van der Waals surface area contributed by atoms with E-state index in [2.05, 4.69) is 36.4 Å². The Bertz CT molecular complexity index is 2210. The zero-order valence-electron chi connectivity index (χ0n) is 25.3. The lowest BCUT2D eigenvalue weighted by Gasteiger charge is -2.48. The molecule has 0 radical (unpaired) electrons. The number of hydrogen-bond acceptors (Lipinski definition) is 6. The first kappa shape index (κ1) is 25.8. The van der Waals surface area contributed by atoms with E-state index in [4.69, 9.17) is 27.1 Å². The maximum atomic E-state index is 7.22. The second kappa shape index (κ2) is 9.11. The second-order valence-corrected chi connectivity index (χ2v) is 12.4. The highest BCUT2D eigenvalue weighted by molar-refractivity contribution is 5.81. The van der Waals surface area contributed by atoms with Crippen LogP contribution in [0, 0.1) is 0 Å². The number of rotatable bonds is 2. The van der Waals surface area contributed by atoms with E-state index in [1.54, 1.807) is 12.5 Å². The minimum atomic E-state index is -0.970. The SMILES string of the molecule is c1coc(-c2cc3c(o2)C2(c4ccccc4Oc4ccccc42)c2cc(-c4ccco4)oc2C32c3ccccc3Oc3ccccc32)c1. The van der Waals surface area contributed by atoms with Crippen molar-refractivity contribution in [2.45, 2.75) is 10.8 Å². The van der Waals surface area contributed by atoms with Crippen LogP contribution in [0.3, 0.4) is 0 Å². The molecule has 3 aliphatic rings. The minimum absolute atomic E-state index is 0.614. The molecule has 0 saturated heterocycles. The molecule has 11 rings (SSSR count). The maximum Gasteiger partial charge on any atom is 0.169 e. The van der Waals surface area contributed by atoms with Crippen LogP contribution in [-0.4, -0.2) is 0 Å². The average Bonchev–Trinajstić information content (AvgIpc) is 3.97. The third-order valence-electron chi connectivity index (χ3n) is 10.1. The van der Waals surface area contributed by atoms with Gasteiger partial charge in [-0.15, -0.1) is 0 Å². The van der Waals surface area contributed by atoms with E-state index in [1.165, 1.54) is 0 Å². The molecule has 4 aromatic heterocycles. The molecule has 4 aromatic carbocycles. The molecule has 2 aliphatic heterocycles. The fourth-order valence-electron chi connectivity index (χ4n) is 8.28. The molecule has 8 aromatic rings. The second-order valence-electron chi connectivity index (χ2n) is 12.4. The molecule has 48 heavy (non-hydrogen) atoms. The van der Waals surface area contributed by atoms with Gasteiger partial charge in [0.2, 0.25) is 0 Å². The number of benzene rings is 4. The first-order chi connectivity index (χ1) is 23.8. The van der Waals surface area contributed by atoms with Crippen molar-refractivity contribution in [1.82, 2.24) is 0 Å². The Labute approximate surface area is 274 Å². The zero-order valence-corrected chi connectivity index (χ0v) is 25.3. The smallest absolute Gasteiger partial charge is 0.169 e. The van der Waals surface area contributed by atoms with Crippen LogP contribution in [0.5, 0.6) is 23.0 Å². The molecule has 0 unspecified atom stereocenters. The van der Waals surface area contributed by atoms with Crippen molar-refractivity contribution in [2.24, 2.45) is 0 Å². The van der Waals surface area contributed by atoms with Gasteiger partial charge in [0.25, 0.3) is 0 Å². The molecule has 0 N–H and O–H groups in total. The van der Waals surface area contributed by atoms with Gasteiger partial charge in [-0.05, 0) is 60.7 Å². The minimum Gasteiger partial charge on any atom is -0.461 e. The number of furan rings is 4. The van der Waals surface area contributed by atoms with Gasteiger partial charge in [-0.3, -0.25) is 0 Å². The van der Waals surface area contributed by atoms with Gasteiger partial charge in [0.05, 0.1) is 12.5 Å². The molecule has 0 fully saturated rings. The van der Waals surface area contributed by atoms with E-state index in [0.717, 1.165) is 67.9 Å². The van der Waals surface area contributed by atoms with Gasteiger partial charge in [-0.25, -0.2) is 0 Å². The van der Waals surface area contributed by atoms with Gasteiger partial charge in [-0.1, -0.05) is 72.8 Å². The Morgan fingerprint density at radius 1 is 0.333 bits per heavy atom. The van der Waals surface area contributed by atoms with Crippen LogP contribution in [0.4, 0.5) is 0 Å². The Hall–Kier alpha value is -6.40. The van der Waals surface area contributed by atoms with Crippen LogP contribution < -0.4 is 9.47 Å². The molecule has 6 heteroatoms. The van der Waals surface area contributed by atoms with Crippen LogP contribution in [0.2, 0.25) is 0 Å². The monoisotopic (exact) mass is 624 g/mol. The molecule has 6 nitrogen and oxygen atoms in total. The number of hydrogen-bond donors (Lipinski definition) is 0. The van der Waals surface area contributed by atoms with E-state index in [0.29, 0.717) is 23.0 Å². The average molecular weight is 625 g/mol. The summed E-state index contributed by atoms with van der Waals surface area (Å²) in [5.74, 6) is 6.97. The lowest BCUT2D eigenvalue weighted by atomic mass is 9.53. The number of ether oxygens (including phenoxy) is 2. The van der Waals surface area contributed by atoms with Crippen LogP contribution >= 0.6 is 0 Å². The largest absolute Gasteiger partial charge is 0.461 e. The van der Waals surface area contributed by atoms with Crippen molar-refractivity contribution < 1.29 is 27.1 Å². The Balaban J connectivity index is 1.39. The molecule has 0 bridgehead atoms. The predicted octanol–water partition coefficient (Wildman–Crippen LogP) is 10.7. The van der Waals surface area contributed by atoms with Crippen LogP contribution in [0.1, 0.15) is 44.9 Å². The normalized spacial score (nSPS) is 15.3. The molecule has 1 aliphatic carbocycles. The van der Waals surface area contributed by atoms with Crippen molar-refractivity contribution >= 4 is 0 Å². The van der Waals surface area contributed by atoms with Gasteiger partial charge in [0.1, 0.15) is 45.3 Å². The summed E-state index contributed by atoms with van der Waals surface area (Å²) in [6.45, 7) is 0. The Morgan fingerprint density at radius 3 is 1.02 bits per heavy atom. The number of fused-ring (bicyclic) bond motifs is 14. The predicted molar refractivity (Wildman–Crippen MR) is 177 cm³/mol. The van der Waals surface area contributed by atoms with E-state index in [9.17, 15) is 0 Å². The van der Waals surface area contributed by atoms with Crippen molar-refractivity contribution in [2.75, 3.05) is 0 Å². The highest BCUT2D eigenvalue weighted by Crippen LogP contribution is 2.68. The first-order valence-corrected chi connectivity index (χ1v) is 15.9. The van der Waals surface area contributed by atoms with E-state index in [-0.39, 0.29) is 0 Å². The summed E-state index contributed by atoms with van der Waals surface area (Å²) in [4.78, 5) is 0. The molecular formula is C42H24O6. The van der Waals surface area contributed by atoms with Gasteiger partial charge >= 0.3 is 0 Å². The third kappa shape index (κ3) is 3.03. The maximum absolute atomic E-state index is 7.22. The summed E-state index contributed by atoms with van der Waals surface area (Å²) in [6, 6.07) is 44.6. The van der Waals surface area contributed by atoms with Crippen molar-refractivity contribution in [3.8, 4) is 46.0 Å². The zero-order chi connectivity index (χ0) is 31.5. The summed E-state index contributed by atoms with van der Waals surface area (Å²) in [5, 5.41) is 0. The van der Waals surface area contributed by atoms with Crippen molar-refractivity contribution in [1.29, 1.82) is 0 Å². The highest BCUT2D eigenvalue weighted by Gasteiger charge is 2.63. The molecule has 2 spiro atoms. The van der Waals surface area contributed by atoms with E-state index >= 15 is 0 Å². The molecule has 0 atom stereocenters. The third-order valence-corrected chi connectivity index (χ3v) is 10.1. The molecule has 0 amide bonds. The van der Waals surface area contributed by atoms with E-state index in [1.807, 2.05) is 97.1 Å². The topological polar surface area (TPSA) is 71.0 Å². The Kier molecular flexibility index (Phi) is 4.89. The first-order valence-electron chi connectivity index (χ1n) is 15.9. The fraction of sp³-hybridized carbons (Fsp3) is 0.0476. The summed E-state index contributed by atoms with van der Waals surface area (Å²) in [7, 11) is 0. The van der Waals surface area contributed by atoms with Crippen molar-refractivity contribution in [3.63, 3.8) is 0 Å². The fourth-order valence-corrected chi connectivity index (χ4v) is 8.28. The van der Waals surface area contributed by atoms with E-state index < -0.39 is 10.8 Å². The summed E-state index contributed by atoms with van der Waals surface area (Å²) in [6.07, 6.45) is 3.33.